The van der Waals surface area contributed by atoms with E-state index in [1.54, 1.807) is 5.57 Å². The Labute approximate surface area is 290 Å². The van der Waals surface area contributed by atoms with E-state index >= 15 is 0 Å². The Morgan fingerprint density at radius 2 is 1.41 bits per heavy atom. The molecular weight excluding hydrogens is 613 g/mol. The van der Waals surface area contributed by atoms with Gasteiger partial charge in [0.25, 0.3) is 0 Å². The highest BCUT2D eigenvalue weighted by Gasteiger charge is 2.50. The second-order valence-electron chi connectivity index (χ2n) is 19.4. The molecule has 46 heavy (non-hydrogen) atoms. The van der Waals surface area contributed by atoms with E-state index in [0.29, 0.717) is 23.9 Å². The van der Waals surface area contributed by atoms with Gasteiger partial charge in [-0.1, -0.05) is 93.0 Å². The molecule has 2 aliphatic rings. The van der Waals surface area contributed by atoms with Gasteiger partial charge in [-0.25, -0.2) is 0 Å². The largest absolute Gasteiger partial charge is 0.417 e. The molecule has 0 unspecified atom stereocenters. The van der Waals surface area contributed by atoms with Crippen LogP contribution in [-0.4, -0.2) is 43.8 Å². The van der Waals surface area contributed by atoms with Crippen molar-refractivity contribution < 1.29 is 13.3 Å². The molecule has 0 aromatic carbocycles. The van der Waals surface area contributed by atoms with Crippen molar-refractivity contribution in [3.8, 4) is 11.8 Å². The lowest BCUT2D eigenvalue weighted by Gasteiger charge is -2.41. The lowest BCUT2D eigenvalue weighted by molar-refractivity contribution is 0.144. The van der Waals surface area contributed by atoms with Gasteiger partial charge in [0.15, 0.2) is 25.0 Å². The van der Waals surface area contributed by atoms with Crippen LogP contribution in [0.15, 0.2) is 23.8 Å². The van der Waals surface area contributed by atoms with E-state index in [0.717, 1.165) is 25.4 Å². The smallest absolute Gasteiger partial charge is 0.192 e. The van der Waals surface area contributed by atoms with Crippen molar-refractivity contribution in [2.45, 2.75) is 188 Å². The highest BCUT2D eigenvalue weighted by Crippen LogP contribution is 2.53. The maximum Gasteiger partial charge on any atom is 0.192 e. The molecule has 2 aliphatic carbocycles. The predicted octanol–water partition coefficient (Wildman–Crippen LogP) is 12.5. The van der Waals surface area contributed by atoms with Gasteiger partial charge in [-0.3, -0.25) is 0 Å². The van der Waals surface area contributed by atoms with Gasteiger partial charge in [0.1, 0.15) is 0 Å². The summed E-state index contributed by atoms with van der Waals surface area (Å²) in [6, 6.07) is 0. The van der Waals surface area contributed by atoms with Crippen LogP contribution in [0, 0.1) is 35.5 Å². The number of hydrogen-bond acceptors (Lipinski definition) is 3. The van der Waals surface area contributed by atoms with E-state index in [4.69, 9.17) is 13.3 Å². The van der Waals surface area contributed by atoms with Crippen molar-refractivity contribution >= 4 is 25.0 Å². The van der Waals surface area contributed by atoms with Crippen LogP contribution in [-0.2, 0) is 13.3 Å². The van der Waals surface area contributed by atoms with E-state index < -0.39 is 25.0 Å². The molecule has 266 valence electrons. The van der Waals surface area contributed by atoms with Gasteiger partial charge in [0.2, 0.25) is 0 Å². The van der Waals surface area contributed by atoms with Crippen LogP contribution in [0.2, 0.25) is 54.4 Å². The van der Waals surface area contributed by atoms with Crippen molar-refractivity contribution in [1.82, 2.24) is 0 Å². The molecule has 0 bridgehead atoms. The molecule has 0 spiro atoms. The van der Waals surface area contributed by atoms with Gasteiger partial charge in [0, 0.05) is 18.9 Å². The molecule has 0 aliphatic heterocycles. The first-order chi connectivity index (χ1) is 20.8. The van der Waals surface area contributed by atoms with Crippen molar-refractivity contribution in [3.63, 3.8) is 0 Å². The summed E-state index contributed by atoms with van der Waals surface area (Å²) in [6.07, 6.45) is 16.1. The maximum atomic E-state index is 7.24. The third kappa shape index (κ3) is 11.3. The molecule has 6 heteroatoms. The number of allylic oxidation sites excluding steroid dienone is 2. The summed E-state index contributed by atoms with van der Waals surface area (Å²) in [7, 11) is -5.49. The zero-order valence-electron chi connectivity index (χ0n) is 33.6. The Morgan fingerprint density at radius 1 is 0.826 bits per heavy atom. The minimum Gasteiger partial charge on any atom is -0.417 e. The second kappa shape index (κ2) is 16.1. The van der Waals surface area contributed by atoms with Crippen LogP contribution in [0.1, 0.15) is 121 Å². The molecule has 0 aromatic rings. The lowest BCUT2D eigenvalue weighted by Crippen LogP contribution is -2.45. The van der Waals surface area contributed by atoms with Crippen molar-refractivity contribution in [1.29, 1.82) is 0 Å². The fourth-order valence-corrected chi connectivity index (χ4v) is 9.97. The molecule has 2 rings (SSSR count). The molecule has 6 atom stereocenters. The zero-order valence-corrected chi connectivity index (χ0v) is 36.6. The Bertz CT molecular complexity index is 1090. The van der Waals surface area contributed by atoms with E-state index in [2.05, 4.69) is 139 Å². The highest BCUT2D eigenvalue weighted by molar-refractivity contribution is 6.75. The second-order valence-corrected chi connectivity index (χ2v) is 33.7. The van der Waals surface area contributed by atoms with Crippen molar-refractivity contribution in [2.75, 3.05) is 6.61 Å². The van der Waals surface area contributed by atoms with Crippen LogP contribution in [0.25, 0.3) is 0 Å². The van der Waals surface area contributed by atoms with E-state index in [-0.39, 0.29) is 21.2 Å². The first-order valence-electron chi connectivity index (χ1n) is 18.6. The van der Waals surface area contributed by atoms with Crippen molar-refractivity contribution in [2.24, 2.45) is 23.7 Å². The molecule has 0 saturated heterocycles. The van der Waals surface area contributed by atoms with Gasteiger partial charge >= 0.3 is 0 Å². The minimum atomic E-state index is -1.95. The van der Waals surface area contributed by atoms with E-state index in [1.807, 2.05) is 6.92 Å². The molecule has 2 saturated carbocycles. The normalized spacial score (nSPS) is 25.5. The molecule has 0 aromatic heterocycles. The van der Waals surface area contributed by atoms with Crippen molar-refractivity contribution in [3.05, 3.63) is 23.8 Å². The average molecular weight is 689 g/mol. The number of hydrogen-bond donors (Lipinski definition) is 0. The summed E-state index contributed by atoms with van der Waals surface area (Å²) in [5.74, 6) is 8.65. The topological polar surface area (TPSA) is 27.7 Å². The Morgan fingerprint density at radius 3 is 1.96 bits per heavy atom. The third-order valence-corrected chi connectivity index (χ3v) is 26.1. The fourth-order valence-electron chi connectivity index (χ4n) is 6.17. The molecule has 0 radical (unpaired) electrons. The van der Waals surface area contributed by atoms with Gasteiger partial charge in [-0.15, -0.1) is 11.8 Å². The monoisotopic (exact) mass is 689 g/mol. The number of rotatable bonds is 14. The molecular formula is C40H76O3Si3. The quantitative estimate of drug-likeness (QED) is 0.0787. The third-order valence-electron chi connectivity index (χ3n) is 12.6. The summed E-state index contributed by atoms with van der Waals surface area (Å²) in [6.45, 7) is 40.6. The van der Waals surface area contributed by atoms with Crippen LogP contribution < -0.4 is 0 Å². The van der Waals surface area contributed by atoms with Gasteiger partial charge in [-0.2, -0.15) is 0 Å². The molecule has 3 nitrogen and oxygen atoms in total. The maximum absolute atomic E-state index is 7.24. The van der Waals surface area contributed by atoms with E-state index in [1.165, 1.54) is 32.1 Å². The van der Waals surface area contributed by atoms with Crippen LogP contribution in [0.5, 0.6) is 0 Å². The SMILES string of the molecule is CC#CC[C@H](C)[C@@H](/C=C/[C@H]1[C@H]2C/C(=C/CCCCO[Si](C)(C)C(C)(C)C)C[C@H]2C[C@@H]1O[Si](C)(C)C(C)(C)C)O[Si](C)(C)C(C)(C)C. The van der Waals surface area contributed by atoms with Crippen LogP contribution >= 0.6 is 0 Å². The summed E-state index contributed by atoms with van der Waals surface area (Å²) < 4.78 is 20.8. The summed E-state index contributed by atoms with van der Waals surface area (Å²) in [5.41, 5.74) is 1.69. The minimum absolute atomic E-state index is 0.0827. The Kier molecular flexibility index (Phi) is 14.6. The van der Waals surface area contributed by atoms with Crippen LogP contribution in [0.3, 0.4) is 0 Å². The van der Waals surface area contributed by atoms with Gasteiger partial charge in [-0.05, 0) is 118 Å². The number of unbranched alkanes of at least 4 members (excludes halogenated alkanes) is 2. The summed E-state index contributed by atoms with van der Waals surface area (Å²) in [4.78, 5) is 0. The average Bonchev–Trinajstić information content (AvgIpc) is 3.41. The predicted molar refractivity (Wildman–Crippen MR) is 210 cm³/mol. The molecule has 0 amide bonds. The molecule has 0 heterocycles. The first-order valence-corrected chi connectivity index (χ1v) is 27.3. The summed E-state index contributed by atoms with van der Waals surface area (Å²) >= 11 is 0. The summed E-state index contributed by atoms with van der Waals surface area (Å²) in [5, 5.41) is 0.662. The lowest BCUT2D eigenvalue weighted by atomic mass is 9.89. The zero-order chi connectivity index (χ0) is 35.4. The highest BCUT2D eigenvalue weighted by atomic mass is 28.4. The molecule has 0 N–H and O–H groups in total. The number of fused-ring (bicyclic) bond motifs is 1. The molecule has 2 fully saturated rings. The standard InChI is InChI=1S/C40H76O3Si3/c1-18-19-23-31(2)36(42-45(14,15)39(6,7)8)26-25-34-35-29-32(24-21-20-22-27-41-44(12,13)38(3,4)5)28-33(35)30-37(34)43-46(16,17)40(9,10)11/h24-26,31,33-37H,20-23,27-30H2,1-17H3/b26-25+,32-24+/t31-,33-,34-,35-,36+,37-/m0/s1. The van der Waals surface area contributed by atoms with Gasteiger partial charge in [0.05, 0.1) is 12.2 Å². The first kappa shape index (κ1) is 41.7. The Balaban J connectivity index is 2.24. The fraction of sp³-hybridized carbons (Fsp3) is 0.850. The van der Waals surface area contributed by atoms with Crippen LogP contribution in [0.4, 0.5) is 0 Å². The Hall–Kier alpha value is -0.429. The van der Waals surface area contributed by atoms with Gasteiger partial charge < -0.3 is 13.3 Å². The van der Waals surface area contributed by atoms with E-state index in [9.17, 15) is 0 Å².